The molecular weight excluding hydrogens is 513 g/mol. The zero-order valence-corrected chi connectivity index (χ0v) is 21.5. The maximum atomic E-state index is 14.1. The number of carbonyl (C=O) groups is 2. The number of thiocarbonyl (C=S) groups is 1. The molecule has 2 aromatic rings. The van der Waals surface area contributed by atoms with Gasteiger partial charge in [0.25, 0.3) is 5.91 Å². The first kappa shape index (κ1) is 27.0. The maximum Gasteiger partial charge on any atom is 0.303 e. The molecule has 3 rings (SSSR count). The topological polar surface area (TPSA) is 76.1 Å². The van der Waals surface area contributed by atoms with Crippen LogP contribution in [0.1, 0.15) is 43.7 Å². The molecule has 0 aliphatic carbocycles. The van der Waals surface area contributed by atoms with Crippen molar-refractivity contribution < 1.29 is 28.6 Å². The van der Waals surface area contributed by atoms with Crippen molar-refractivity contribution >= 4 is 57.9 Å². The van der Waals surface area contributed by atoms with Crippen LogP contribution < -0.4 is 9.47 Å². The van der Waals surface area contributed by atoms with Crippen LogP contribution in [0.4, 0.5) is 4.39 Å². The van der Waals surface area contributed by atoms with Crippen LogP contribution in [0.3, 0.4) is 0 Å². The van der Waals surface area contributed by atoms with Gasteiger partial charge in [0, 0.05) is 18.5 Å². The Morgan fingerprint density at radius 2 is 2.00 bits per heavy atom. The number of thioether (sulfide) groups is 1. The highest BCUT2D eigenvalue weighted by Gasteiger charge is 2.31. The van der Waals surface area contributed by atoms with Gasteiger partial charge in [0.15, 0.2) is 11.5 Å². The van der Waals surface area contributed by atoms with Crippen LogP contribution in [-0.4, -0.2) is 39.4 Å². The summed E-state index contributed by atoms with van der Waals surface area (Å²) >= 11 is 12.7. The Morgan fingerprint density at radius 1 is 1.20 bits per heavy atom. The average molecular weight is 538 g/mol. The van der Waals surface area contributed by atoms with Gasteiger partial charge in [-0.05, 0) is 55.7 Å². The molecule has 0 unspecified atom stereocenters. The Balaban J connectivity index is 1.68. The molecule has 0 bridgehead atoms. The van der Waals surface area contributed by atoms with Crippen molar-refractivity contribution in [3.63, 3.8) is 0 Å². The lowest BCUT2D eigenvalue weighted by molar-refractivity contribution is -0.137. The number of unbranched alkanes of at least 4 members (excludes halogenated alkanes) is 2. The first-order valence-electron chi connectivity index (χ1n) is 11.1. The van der Waals surface area contributed by atoms with E-state index in [0.29, 0.717) is 53.1 Å². The van der Waals surface area contributed by atoms with Crippen LogP contribution in [-0.2, 0) is 16.2 Å². The fourth-order valence-corrected chi connectivity index (χ4v) is 4.92. The van der Waals surface area contributed by atoms with E-state index < -0.39 is 11.8 Å². The minimum absolute atomic E-state index is 0.0595. The van der Waals surface area contributed by atoms with Gasteiger partial charge in [0.1, 0.15) is 16.7 Å². The van der Waals surface area contributed by atoms with E-state index in [4.69, 9.17) is 38.4 Å². The molecule has 0 saturated carbocycles. The molecule has 6 nitrogen and oxygen atoms in total. The number of carboxylic acids is 1. The highest BCUT2D eigenvalue weighted by atomic mass is 35.5. The molecule has 1 N–H and O–H groups in total. The van der Waals surface area contributed by atoms with Gasteiger partial charge in [-0.15, -0.1) is 0 Å². The second kappa shape index (κ2) is 12.9. The van der Waals surface area contributed by atoms with Gasteiger partial charge in [-0.2, -0.15) is 0 Å². The Bertz CT molecular complexity index is 1120. The summed E-state index contributed by atoms with van der Waals surface area (Å²) in [7, 11) is 0. The number of rotatable bonds is 12. The van der Waals surface area contributed by atoms with Gasteiger partial charge in [0.05, 0.1) is 16.5 Å². The second-order valence-corrected chi connectivity index (χ2v) is 9.75. The molecule has 35 heavy (non-hydrogen) atoms. The van der Waals surface area contributed by atoms with E-state index in [1.54, 1.807) is 35.2 Å². The first-order valence-corrected chi connectivity index (χ1v) is 12.7. The van der Waals surface area contributed by atoms with Gasteiger partial charge in [-0.25, -0.2) is 4.39 Å². The Hall–Kier alpha value is -2.62. The summed E-state index contributed by atoms with van der Waals surface area (Å²) < 4.78 is 26.0. The molecule has 0 atom stereocenters. The monoisotopic (exact) mass is 537 g/mol. The van der Waals surface area contributed by atoms with Crippen molar-refractivity contribution in [1.82, 2.24) is 4.90 Å². The van der Waals surface area contributed by atoms with Crippen LogP contribution in [0.2, 0.25) is 5.02 Å². The van der Waals surface area contributed by atoms with Crippen molar-refractivity contribution in [3.05, 3.63) is 63.3 Å². The highest BCUT2D eigenvalue weighted by molar-refractivity contribution is 8.26. The first-order chi connectivity index (χ1) is 16.8. The number of carbonyl (C=O) groups excluding carboxylic acids is 1. The van der Waals surface area contributed by atoms with Gasteiger partial charge in [-0.3, -0.25) is 14.5 Å². The van der Waals surface area contributed by atoms with Gasteiger partial charge >= 0.3 is 5.97 Å². The number of amides is 1. The third kappa shape index (κ3) is 7.43. The molecule has 0 aromatic heterocycles. The summed E-state index contributed by atoms with van der Waals surface area (Å²) in [5.74, 6) is -0.557. The third-order valence-electron chi connectivity index (χ3n) is 5.15. The standard InChI is InChI=1S/C25H25ClFNO5S2/c1-2-32-21-13-16(10-11-20(21)33-15-17-18(26)7-6-8-19(17)27)14-22-24(31)28(25(34)35-22)12-5-3-4-9-23(29)30/h6-8,10-11,13-14H,2-5,9,12,15H2,1H3,(H,29,30)/b22-14+. The Kier molecular flexibility index (Phi) is 9.94. The lowest BCUT2D eigenvalue weighted by atomic mass is 10.1. The molecule has 0 spiro atoms. The van der Waals surface area contributed by atoms with Crippen molar-refractivity contribution in [2.24, 2.45) is 0 Å². The highest BCUT2D eigenvalue weighted by Crippen LogP contribution is 2.35. The van der Waals surface area contributed by atoms with E-state index in [1.807, 2.05) is 6.92 Å². The van der Waals surface area contributed by atoms with Crippen LogP contribution in [0.5, 0.6) is 11.5 Å². The number of ether oxygens (including phenoxy) is 2. The normalized spacial score (nSPS) is 14.6. The fourth-order valence-electron chi connectivity index (χ4n) is 3.39. The molecule has 10 heteroatoms. The van der Waals surface area contributed by atoms with E-state index in [9.17, 15) is 14.0 Å². The third-order valence-corrected chi connectivity index (χ3v) is 6.88. The number of nitrogens with zero attached hydrogens (tertiary/aromatic N) is 1. The summed E-state index contributed by atoms with van der Waals surface area (Å²) in [6, 6.07) is 9.68. The summed E-state index contributed by atoms with van der Waals surface area (Å²) in [5.41, 5.74) is 0.985. The second-order valence-electron chi connectivity index (χ2n) is 7.67. The van der Waals surface area contributed by atoms with Crippen molar-refractivity contribution in [3.8, 4) is 11.5 Å². The molecule has 1 aliphatic rings. The molecule has 0 radical (unpaired) electrons. The smallest absolute Gasteiger partial charge is 0.303 e. The molecule has 186 valence electrons. The lowest BCUT2D eigenvalue weighted by Gasteiger charge is -2.14. The number of benzene rings is 2. The van der Waals surface area contributed by atoms with E-state index in [0.717, 1.165) is 5.56 Å². The van der Waals surface area contributed by atoms with Gasteiger partial charge < -0.3 is 14.6 Å². The van der Waals surface area contributed by atoms with Crippen molar-refractivity contribution in [2.75, 3.05) is 13.2 Å². The average Bonchev–Trinajstić information content (AvgIpc) is 3.07. The summed E-state index contributed by atoms with van der Waals surface area (Å²) in [6.07, 6.45) is 3.81. The predicted octanol–water partition coefficient (Wildman–Crippen LogP) is 6.30. The van der Waals surface area contributed by atoms with Crippen LogP contribution in [0.25, 0.3) is 6.08 Å². The SMILES string of the molecule is CCOc1cc(/C=C2/SC(=S)N(CCCCCC(=O)O)C2=O)ccc1OCc1c(F)cccc1Cl. The molecule has 1 saturated heterocycles. The molecule has 1 heterocycles. The molecule has 1 amide bonds. The van der Waals surface area contributed by atoms with Crippen molar-refractivity contribution in [1.29, 1.82) is 0 Å². The molecular formula is C25H25ClFNO5S2. The Morgan fingerprint density at radius 3 is 2.71 bits per heavy atom. The zero-order chi connectivity index (χ0) is 25.4. The lowest BCUT2D eigenvalue weighted by Crippen LogP contribution is -2.29. The maximum absolute atomic E-state index is 14.1. The fraction of sp³-hybridized carbons (Fsp3) is 0.320. The predicted molar refractivity (Wildman–Crippen MR) is 139 cm³/mol. The summed E-state index contributed by atoms with van der Waals surface area (Å²) in [6.45, 7) is 2.63. The summed E-state index contributed by atoms with van der Waals surface area (Å²) in [4.78, 5) is 25.5. The minimum Gasteiger partial charge on any atom is -0.490 e. The van der Waals surface area contributed by atoms with E-state index in [2.05, 4.69) is 0 Å². The van der Waals surface area contributed by atoms with Gasteiger partial charge in [-0.1, -0.05) is 54.1 Å². The number of carboxylic acid groups (broad SMARTS) is 1. The number of aliphatic carboxylic acids is 1. The molecule has 2 aromatic carbocycles. The van der Waals surface area contributed by atoms with Crippen molar-refractivity contribution in [2.45, 2.75) is 39.2 Å². The Labute approximate surface area is 218 Å². The van der Waals surface area contributed by atoms with E-state index >= 15 is 0 Å². The minimum atomic E-state index is -0.822. The number of hydrogen-bond donors (Lipinski definition) is 1. The van der Waals surface area contributed by atoms with Crippen LogP contribution >= 0.6 is 35.6 Å². The van der Waals surface area contributed by atoms with Crippen LogP contribution in [0, 0.1) is 5.82 Å². The quantitative estimate of drug-likeness (QED) is 0.193. The number of halogens is 2. The van der Waals surface area contributed by atoms with Crippen LogP contribution in [0.15, 0.2) is 41.3 Å². The van der Waals surface area contributed by atoms with E-state index in [1.165, 1.54) is 23.9 Å². The molecule has 1 aliphatic heterocycles. The van der Waals surface area contributed by atoms with E-state index in [-0.39, 0.29) is 29.5 Å². The summed E-state index contributed by atoms with van der Waals surface area (Å²) in [5, 5.41) is 9.01. The van der Waals surface area contributed by atoms with Gasteiger partial charge in [0.2, 0.25) is 0 Å². The largest absolute Gasteiger partial charge is 0.490 e. The zero-order valence-electron chi connectivity index (χ0n) is 19.1. The molecule has 1 fully saturated rings. The number of hydrogen-bond acceptors (Lipinski definition) is 6.